The van der Waals surface area contributed by atoms with Gasteiger partial charge in [0.15, 0.2) is 0 Å². The number of hydrogen-bond donors (Lipinski definition) is 0. The summed E-state index contributed by atoms with van der Waals surface area (Å²) in [6, 6.07) is 15.9. The highest BCUT2D eigenvalue weighted by molar-refractivity contribution is 8.26. The number of para-hydroxylation sites is 1. The molecule has 1 aliphatic heterocycles. The van der Waals surface area contributed by atoms with Crippen molar-refractivity contribution in [1.29, 1.82) is 0 Å². The first kappa shape index (κ1) is 18.4. The predicted octanol–water partition coefficient (Wildman–Crippen LogP) is 4.96. The molecule has 2 aromatic rings. The molecule has 1 fully saturated rings. The second-order valence-corrected chi connectivity index (χ2v) is 7.57. The van der Waals surface area contributed by atoms with Gasteiger partial charge >= 0.3 is 0 Å². The van der Waals surface area contributed by atoms with Gasteiger partial charge in [-0.2, -0.15) is 0 Å². The topological polar surface area (TPSA) is 29.5 Å². The number of amides is 1. The van der Waals surface area contributed by atoms with Gasteiger partial charge in [0.1, 0.15) is 16.7 Å². The maximum atomic E-state index is 12.5. The van der Waals surface area contributed by atoms with E-state index in [1.54, 1.807) is 11.0 Å². The van der Waals surface area contributed by atoms with Gasteiger partial charge in [0.25, 0.3) is 5.91 Å². The van der Waals surface area contributed by atoms with Gasteiger partial charge in [0, 0.05) is 12.1 Å². The number of thiocarbonyl (C=S) groups is 1. The number of thioether (sulfide) groups is 1. The molecule has 26 heavy (non-hydrogen) atoms. The molecule has 1 amide bonds. The molecule has 1 saturated heterocycles. The van der Waals surface area contributed by atoms with E-state index in [9.17, 15) is 4.79 Å². The third-order valence-electron chi connectivity index (χ3n) is 3.91. The average Bonchev–Trinajstić information content (AvgIpc) is 2.90. The van der Waals surface area contributed by atoms with Gasteiger partial charge in [-0.25, -0.2) is 0 Å². The van der Waals surface area contributed by atoms with Crippen LogP contribution in [0.2, 0.25) is 0 Å². The molecule has 3 nitrogen and oxygen atoms in total. The standard InChI is InChI=1S/C21H19NO2S2/c1-3-12-22-20(23)19(26-21(22)25)13-17-6-4-5-7-18(17)24-14-16-10-8-15(2)9-11-16/h3-11,13H,1,12,14H2,2H3. The Labute approximate surface area is 163 Å². The van der Waals surface area contributed by atoms with Crippen LogP contribution in [-0.2, 0) is 11.4 Å². The quantitative estimate of drug-likeness (QED) is 0.402. The lowest BCUT2D eigenvalue weighted by molar-refractivity contribution is -0.121. The number of hydrogen-bond acceptors (Lipinski definition) is 4. The second kappa shape index (κ2) is 8.34. The van der Waals surface area contributed by atoms with Crippen molar-refractivity contribution in [3.63, 3.8) is 0 Å². The molecule has 1 heterocycles. The molecule has 5 heteroatoms. The third kappa shape index (κ3) is 4.23. The van der Waals surface area contributed by atoms with E-state index in [0.29, 0.717) is 22.4 Å². The van der Waals surface area contributed by atoms with E-state index >= 15 is 0 Å². The second-order valence-electron chi connectivity index (χ2n) is 5.89. The fourth-order valence-corrected chi connectivity index (χ4v) is 3.77. The van der Waals surface area contributed by atoms with E-state index in [4.69, 9.17) is 17.0 Å². The summed E-state index contributed by atoms with van der Waals surface area (Å²) >= 11 is 6.59. The number of ether oxygens (including phenoxy) is 1. The Morgan fingerprint density at radius 3 is 2.65 bits per heavy atom. The first-order valence-electron chi connectivity index (χ1n) is 8.22. The number of carbonyl (C=O) groups excluding carboxylic acids is 1. The number of carbonyl (C=O) groups is 1. The summed E-state index contributed by atoms with van der Waals surface area (Å²) in [6.07, 6.45) is 3.51. The van der Waals surface area contributed by atoms with Crippen molar-refractivity contribution in [3.8, 4) is 5.75 Å². The van der Waals surface area contributed by atoms with E-state index in [2.05, 4.69) is 37.8 Å². The summed E-state index contributed by atoms with van der Waals surface area (Å²) in [6.45, 7) is 6.63. The molecule has 0 aromatic heterocycles. The zero-order valence-corrected chi connectivity index (χ0v) is 16.1. The number of nitrogens with zero attached hydrogens (tertiary/aromatic N) is 1. The fraction of sp³-hybridized carbons (Fsp3) is 0.143. The van der Waals surface area contributed by atoms with Gasteiger partial charge in [-0.1, -0.05) is 78.1 Å². The number of rotatable bonds is 6. The predicted molar refractivity (Wildman–Crippen MR) is 112 cm³/mol. The highest BCUT2D eigenvalue weighted by Crippen LogP contribution is 2.34. The number of benzene rings is 2. The smallest absolute Gasteiger partial charge is 0.266 e. The largest absolute Gasteiger partial charge is 0.488 e. The van der Waals surface area contributed by atoms with E-state index in [-0.39, 0.29) is 5.91 Å². The van der Waals surface area contributed by atoms with Crippen LogP contribution >= 0.6 is 24.0 Å². The molecule has 0 bridgehead atoms. The summed E-state index contributed by atoms with van der Waals surface area (Å²) < 4.78 is 6.54. The lowest BCUT2D eigenvalue weighted by Crippen LogP contribution is -2.27. The average molecular weight is 382 g/mol. The summed E-state index contributed by atoms with van der Waals surface area (Å²) in [4.78, 5) is 14.6. The van der Waals surface area contributed by atoms with E-state index < -0.39 is 0 Å². The lowest BCUT2D eigenvalue weighted by Gasteiger charge is -2.11. The molecule has 1 aliphatic rings. The van der Waals surface area contributed by atoms with Crippen LogP contribution < -0.4 is 4.74 Å². The third-order valence-corrected chi connectivity index (χ3v) is 5.28. The number of aryl methyl sites for hydroxylation is 1. The molecule has 132 valence electrons. The van der Waals surface area contributed by atoms with Gasteiger partial charge in [-0.3, -0.25) is 9.69 Å². The Morgan fingerprint density at radius 2 is 1.92 bits per heavy atom. The van der Waals surface area contributed by atoms with Gasteiger partial charge < -0.3 is 4.74 Å². The molecule has 3 rings (SSSR count). The van der Waals surface area contributed by atoms with Crippen LogP contribution in [0.3, 0.4) is 0 Å². The molecule has 0 N–H and O–H groups in total. The Morgan fingerprint density at radius 1 is 1.19 bits per heavy atom. The van der Waals surface area contributed by atoms with Crippen molar-refractivity contribution in [3.05, 3.63) is 82.8 Å². The van der Waals surface area contributed by atoms with E-state index in [1.807, 2.05) is 30.3 Å². The normalized spacial score (nSPS) is 15.6. The zero-order chi connectivity index (χ0) is 18.5. The lowest BCUT2D eigenvalue weighted by atomic mass is 10.1. The van der Waals surface area contributed by atoms with Crippen molar-refractivity contribution in [2.24, 2.45) is 0 Å². The summed E-state index contributed by atoms with van der Waals surface area (Å²) in [5.74, 6) is 0.648. The van der Waals surface area contributed by atoms with Gasteiger partial charge in [0.05, 0.1) is 4.91 Å². The van der Waals surface area contributed by atoms with Crippen LogP contribution in [0.1, 0.15) is 16.7 Å². The fourth-order valence-electron chi connectivity index (χ4n) is 2.50. The van der Waals surface area contributed by atoms with E-state index in [1.165, 1.54) is 17.3 Å². The van der Waals surface area contributed by atoms with Crippen molar-refractivity contribution in [2.45, 2.75) is 13.5 Å². The summed E-state index contributed by atoms with van der Waals surface area (Å²) in [5, 5.41) is 0. The first-order valence-corrected chi connectivity index (χ1v) is 9.44. The van der Waals surface area contributed by atoms with Gasteiger partial charge in [-0.15, -0.1) is 6.58 Å². The van der Waals surface area contributed by atoms with Crippen molar-refractivity contribution >= 4 is 40.3 Å². The van der Waals surface area contributed by atoms with Crippen molar-refractivity contribution in [2.75, 3.05) is 6.54 Å². The van der Waals surface area contributed by atoms with Crippen LogP contribution in [-0.4, -0.2) is 21.7 Å². The SMILES string of the molecule is C=CCN1C(=O)C(=Cc2ccccc2OCc2ccc(C)cc2)SC1=S. The van der Waals surface area contributed by atoms with Gasteiger partial charge in [-0.05, 0) is 24.6 Å². The molecule has 0 atom stereocenters. The van der Waals surface area contributed by atoms with E-state index in [0.717, 1.165) is 16.9 Å². The Kier molecular flexibility index (Phi) is 5.91. The Balaban J connectivity index is 1.79. The Hall–Kier alpha value is -2.37. The van der Waals surface area contributed by atoms with Crippen LogP contribution in [0.15, 0.2) is 66.1 Å². The zero-order valence-electron chi connectivity index (χ0n) is 14.5. The molecule has 0 spiro atoms. The minimum Gasteiger partial charge on any atom is -0.488 e. The molecule has 0 unspecified atom stereocenters. The maximum absolute atomic E-state index is 12.5. The van der Waals surface area contributed by atoms with Crippen LogP contribution in [0, 0.1) is 6.92 Å². The van der Waals surface area contributed by atoms with Crippen molar-refractivity contribution < 1.29 is 9.53 Å². The van der Waals surface area contributed by atoms with Crippen LogP contribution in [0.4, 0.5) is 0 Å². The first-order chi connectivity index (χ1) is 12.6. The minimum atomic E-state index is -0.0896. The molecular weight excluding hydrogens is 362 g/mol. The van der Waals surface area contributed by atoms with Crippen molar-refractivity contribution in [1.82, 2.24) is 4.90 Å². The highest BCUT2D eigenvalue weighted by Gasteiger charge is 2.31. The molecule has 0 radical (unpaired) electrons. The highest BCUT2D eigenvalue weighted by atomic mass is 32.2. The summed E-state index contributed by atoms with van der Waals surface area (Å²) in [7, 11) is 0. The maximum Gasteiger partial charge on any atom is 0.266 e. The monoisotopic (exact) mass is 381 g/mol. The van der Waals surface area contributed by atoms with Crippen LogP contribution in [0.25, 0.3) is 6.08 Å². The minimum absolute atomic E-state index is 0.0896. The Bertz CT molecular complexity index is 872. The van der Waals surface area contributed by atoms with Crippen LogP contribution in [0.5, 0.6) is 5.75 Å². The van der Waals surface area contributed by atoms with Gasteiger partial charge in [0.2, 0.25) is 0 Å². The molecular formula is C21H19NO2S2. The molecule has 2 aromatic carbocycles. The molecule has 0 aliphatic carbocycles. The molecule has 0 saturated carbocycles. The summed E-state index contributed by atoms with van der Waals surface area (Å²) in [5.41, 5.74) is 3.18.